The van der Waals surface area contributed by atoms with E-state index in [1.165, 1.54) is 37.2 Å². The first-order valence-corrected chi connectivity index (χ1v) is 36.1. The molecule has 26 nitrogen and oxygen atoms in total. The van der Waals surface area contributed by atoms with Gasteiger partial charge in [-0.05, 0) is 121 Å². The van der Waals surface area contributed by atoms with Crippen LogP contribution in [0.5, 0.6) is 0 Å². The third kappa shape index (κ3) is 17.5. The molecular weight excluding hydrogens is 1250 g/mol. The fourth-order valence-electron chi connectivity index (χ4n) is 15.8. The maximum Gasteiger partial charge on any atom is 0.289 e. The average Bonchev–Trinajstić information content (AvgIpc) is 1.53. The van der Waals surface area contributed by atoms with Crippen molar-refractivity contribution in [1.82, 2.24) is 72.3 Å². The number of ketones is 1. The molecule has 98 heavy (non-hydrogen) atoms. The lowest BCUT2D eigenvalue weighted by Gasteiger charge is -2.39. The zero-order valence-electron chi connectivity index (χ0n) is 59.5. The predicted octanol–water partition coefficient (Wildman–Crippen LogP) is 4.40. The Labute approximate surface area is 576 Å². The maximum atomic E-state index is 14.6. The molecule has 4 heterocycles. The Hall–Kier alpha value is -7.51. The molecule has 26 heteroatoms. The first-order valence-electron chi connectivity index (χ1n) is 36.1. The molecule has 6 aliphatic carbocycles. The summed E-state index contributed by atoms with van der Waals surface area (Å²) in [4.78, 5) is 170. The highest BCUT2D eigenvalue weighted by Crippen LogP contribution is 2.66. The maximum absolute atomic E-state index is 14.6. The van der Waals surface area contributed by atoms with Crippen molar-refractivity contribution >= 4 is 64.9 Å². The molecule has 2 aromatic rings. The van der Waals surface area contributed by atoms with Gasteiger partial charge in [0.05, 0.1) is 24.5 Å². The molecule has 538 valence electrons. The Morgan fingerprint density at radius 2 is 0.929 bits per heavy atom. The second-order valence-corrected chi connectivity index (χ2v) is 32.4. The van der Waals surface area contributed by atoms with E-state index < -0.39 is 124 Å². The van der Waals surface area contributed by atoms with Crippen LogP contribution in [0.25, 0.3) is 0 Å². The van der Waals surface area contributed by atoms with Crippen molar-refractivity contribution < 1.29 is 57.8 Å². The molecule has 8 aliphatic rings. The van der Waals surface area contributed by atoms with E-state index in [0.717, 1.165) is 89.9 Å². The van der Waals surface area contributed by atoms with Crippen LogP contribution in [0.15, 0.2) is 37.2 Å². The molecule has 10 amide bonds. The number of piperidine rings is 2. The van der Waals surface area contributed by atoms with Crippen molar-refractivity contribution in [3.63, 3.8) is 0 Å². The van der Waals surface area contributed by atoms with Gasteiger partial charge in [-0.1, -0.05) is 134 Å². The van der Waals surface area contributed by atoms with Crippen LogP contribution in [0.4, 0.5) is 0 Å². The Balaban J connectivity index is 0.000000229. The summed E-state index contributed by atoms with van der Waals surface area (Å²) in [5.41, 5.74) is -1.64. The van der Waals surface area contributed by atoms with Crippen molar-refractivity contribution in [2.45, 2.75) is 265 Å². The molecule has 6 saturated carbocycles. The van der Waals surface area contributed by atoms with Crippen LogP contribution in [0.2, 0.25) is 0 Å². The predicted molar refractivity (Wildman–Crippen MR) is 362 cm³/mol. The number of rotatable bonds is 26. The molecule has 0 spiro atoms. The van der Waals surface area contributed by atoms with Gasteiger partial charge in [-0.3, -0.25) is 62.7 Å². The van der Waals surface area contributed by atoms with Gasteiger partial charge in [-0.15, -0.1) is 0 Å². The van der Waals surface area contributed by atoms with E-state index in [1.807, 2.05) is 55.4 Å². The number of aliphatic hydroxyl groups excluding tert-OH is 1. The average molecular weight is 1360 g/mol. The Bertz CT molecular complexity index is 3250. The third-order valence-corrected chi connectivity index (χ3v) is 22.1. The summed E-state index contributed by atoms with van der Waals surface area (Å²) in [5, 5.41) is 34.0. The summed E-state index contributed by atoms with van der Waals surface area (Å²) in [7, 11) is 0. The zero-order chi connectivity index (χ0) is 71.3. The Morgan fingerprint density at radius 3 is 1.31 bits per heavy atom. The number of likely N-dealkylation sites (tertiary alicyclic amines) is 2. The number of Topliss-reactive ketones (excluding diaryl/α,β-unsaturated/α-hetero) is 1. The number of hydrogen-bond acceptors (Lipinski definition) is 16. The fourth-order valence-corrected chi connectivity index (χ4v) is 15.8. The van der Waals surface area contributed by atoms with E-state index >= 15 is 0 Å². The molecule has 0 bridgehead atoms. The smallest absolute Gasteiger partial charge is 0.289 e. The highest BCUT2D eigenvalue weighted by molar-refractivity contribution is 6.38. The zero-order valence-corrected chi connectivity index (χ0v) is 59.5. The van der Waals surface area contributed by atoms with Gasteiger partial charge in [0, 0.05) is 50.0 Å². The number of fused-ring (bicyclic) bond motifs is 2. The number of carbonyl (C=O) groups excluding carboxylic acids is 11. The summed E-state index contributed by atoms with van der Waals surface area (Å²) in [6.07, 6.45) is 21.3. The molecule has 0 radical (unpaired) electrons. The van der Waals surface area contributed by atoms with E-state index in [0.29, 0.717) is 38.8 Å². The van der Waals surface area contributed by atoms with Gasteiger partial charge in [0.15, 0.2) is 6.10 Å². The van der Waals surface area contributed by atoms with Gasteiger partial charge in [-0.2, -0.15) is 0 Å². The largest absolute Gasteiger partial charge is 0.381 e. The van der Waals surface area contributed by atoms with Crippen LogP contribution in [-0.4, -0.2) is 179 Å². The molecule has 2 saturated heterocycles. The lowest BCUT2D eigenvalue weighted by Crippen LogP contribution is -2.63. The van der Waals surface area contributed by atoms with E-state index in [9.17, 15) is 57.8 Å². The molecule has 0 aromatic carbocycles. The summed E-state index contributed by atoms with van der Waals surface area (Å²) in [6.45, 7) is 24.0. The molecule has 2 aliphatic heterocycles. The molecule has 10 rings (SSSR count). The van der Waals surface area contributed by atoms with Crippen LogP contribution in [0.3, 0.4) is 0 Å². The van der Waals surface area contributed by atoms with Crippen LogP contribution >= 0.6 is 0 Å². The summed E-state index contributed by atoms with van der Waals surface area (Å²) < 4.78 is 0. The van der Waals surface area contributed by atoms with Crippen molar-refractivity contribution in [2.24, 2.45) is 57.2 Å². The first kappa shape index (κ1) is 74.7. The van der Waals surface area contributed by atoms with E-state index in [2.05, 4.69) is 90.2 Å². The first-order chi connectivity index (χ1) is 46.3. The molecule has 2 aromatic heterocycles. The minimum absolute atomic E-state index is 0.00739. The minimum atomic E-state index is -1.41. The second-order valence-electron chi connectivity index (χ2n) is 32.4. The monoisotopic (exact) mass is 1360 g/mol. The van der Waals surface area contributed by atoms with Crippen molar-refractivity contribution in [3.8, 4) is 0 Å². The third-order valence-electron chi connectivity index (χ3n) is 22.1. The molecule has 8 fully saturated rings. The fraction of sp³-hybridized carbons (Fsp3) is 0.736. The summed E-state index contributed by atoms with van der Waals surface area (Å²) in [5.74, 6) is -5.73. The molecular formula is C72H108N14O12. The van der Waals surface area contributed by atoms with Crippen molar-refractivity contribution in [1.29, 1.82) is 0 Å². The minimum Gasteiger partial charge on any atom is -0.381 e. The van der Waals surface area contributed by atoms with E-state index in [4.69, 9.17) is 0 Å². The van der Waals surface area contributed by atoms with Crippen LogP contribution < -0.4 is 42.5 Å². The van der Waals surface area contributed by atoms with Gasteiger partial charge in [0.1, 0.15) is 47.6 Å². The van der Waals surface area contributed by atoms with Crippen molar-refractivity contribution in [2.75, 3.05) is 13.1 Å². The standard InChI is InChI=1S/C36H55N7O6.C36H53N7O6/c2*1-7-11-23(28(44)33(48)39-21-14-15-21)40-32(47)27-25-22(36(25,5)6)19-43(27)34(49)29(35(2,3)4)42-31(46)26(20-12-9-8-10-13-20)41-30(45)24-18-37-16-17-38-24/h16-18,20-23,25-29,44H,7-15,19H2,1-6H3,(H,39,48)(H,40,47)(H,41,45)(H,42,46);16-18,20-23,25-27,29H,7-15,19H2,1-6H3,(H,39,48)(H,40,47)(H,41,45)(H,42,46)/t22-,23-,25-,26-,27-,28?,29+;22-,23-,25-,26-,27-,29+/m00/s1. The number of carbonyl (C=O) groups is 11. The lowest BCUT2D eigenvalue weighted by molar-refractivity contribution is -0.147. The number of aliphatic hydroxyl groups is 1. The number of nitrogens with one attached hydrogen (secondary N) is 8. The Morgan fingerprint density at radius 1 is 0.520 bits per heavy atom. The van der Waals surface area contributed by atoms with Crippen LogP contribution in [0.1, 0.15) is 220 Å². The van der Waals surface area contributed by atoms with Gasteiger partial charge in [-0.25, -0.2) is 9.97 Å². The number of amides is 10. The lowest BCUT2D eigenvalue weighted by atomic mass is 9.82. The topological polar surface area (TPSA) is 362 Å². The highest BCUT2D eigenvalue weighted by atomic mass is 16.3. The molecule has 13 atom stereocenters. The van der Waals surface area contributed by atoms with Gasteiger partial charge in [0.2, 0.25) is 41.2 Å². The van der Waals surface area contributed by atoms with Crippen LogP contribution in [-0.2, 0) is 43.2 Å². The van der Waals surface area contributed by atoms with E-state index in [1.54, 1.807) is 9.80 Å². The number of aromatic nitrogens is 4. The van der Waals surface area contributed by atoms with Gasteiger partial charge >= 0.3 is 0 Å². The van der Waals surface area contributed by atoms with Gasteiger partial charge < -0.3 is 57.4 Å². The second kappa shape index (κ2) is 30.9. The SMILES string of the molecule is CCC[C@H](NC(=O)[C@@H]1[C@@H]2[C@H](CN1C(=O)[C@@H](NC(=O)[C@@H](NC(=O)c1cnccn1)C1CCCCC1)C(C)(C)C)C2(C)C)C(=O)C(=O)NC1CC1.CCC[C@H](NC(=O)[C@@H]1[C@@H]2[C@H](CN1C(=O)[C@@H](NC(=O)[C@@H](NC(=O)c1cnccn1)C1CCCCC1)C(C)(C)C)C2(C)C)C(O)C(=O)NC1CC1. The number of nitrogens with zero attached hydrogens (tertiary/aromatic N) is 6. The van der Waals surface area contributed by atoms with Gasteiger partial charge in [0.25, 0.3) is 23.6 Å². The molecule has 1 unspecified atom stereocenters. The summed E-state index contributed by atoms with van der Waals surface area (Å²) in [6, 6.07) is -7.18. The molecule has 9 N–H and O–H groups in total. The van der Waals surface area contributed by atoms with E-state index in [-0.39, 0.29) is 75.7 Å². The highest BCUT2D eigenvalue weighted by Gasteiger charge is 2.71. The van der Waals surface area contributed by atoms with Crippen LogP contribution in [0, 0.1) is 57.2 Å². The van der Waals surface area contributed by atoms with Crippen molar-refractivity contribution in [3.05, 3.63) is 48.6 Å². The normalized spacial score (nSPS) is 25.2. The Kier molecular flexibility index (Phi) is 23.6. The quantitative estimate of drug-likeness (QED) is 0.0590. The summed E-state index contributed by atoms with van der Waals surface area (Å²) >= 11 is 0. The number of hydrogen-bond donors (Lipinski definition) is 9.